The molecule has 13 heavy (non-hydrogen) atoms. The molecule has 2 heteroatoms. The first kappa shape index (κ1) is 14.2. The fraction of sp³-hybridized carbons (Fsp3) is 0.364. The van der Waals surface area contributed by atoms with E-state index in [4.69, 9.17) is 0 Å². The maximum Gasteiger partial charge on any atom is 0.333 e. The zero-order valence-electron chi connectivity index (χ0n) is 8.51. The smallest absolute Gasteiger partial charge is 0.333 e. The molecule has 0 aromatic rings. The first-order valence-corrected chi connectivity index (χ1v) is 4.14. The van der Waals surface area contributed by atoms with E-state index in [1.807, 2.05) is 6.08 Å². The number of hydrogen-bond acceptors (Lipinski definition) is 2. The second-order valence-electron chi connectivity index (χ2n) is 2.36. The van der Waals surface area contributed by atoms with Crippen molar-refractivity contribution in [2.24, 2.45) is 0 Å². The Morgan fingerprint density at radius 3 is 2.08 bits per heavy atom. The summed E-state index contributed by atoms with van der Waals surface area (Å²) < 4.78 is 4.60. The molecule has 0 aliphatic rings. The minimum absolute atomic E-state index is 0.256. The lowest BCUT2D eigenvalue weighted by Crippen LogP contribution is -2.03. The molecule has 0 heterocycles. The van der Waals surface area contributed by atoms with E-state index in [1.54, 1.807) is 6.92 Å². The second-order valence-corrected chi connectivity index (χ2v) is 2.36. The van der Waals surface area contributed by atoms with Crippen LogP contribution in [0.2, 0.25) is 0 Å². The molecular weight excluding hydrogens is 164 g/mol. The van der Waals surface area contributed by atoms with Crippen molar-refractivity contribution in [1.29, 1.82) is 0 Å². The average Bonchev–Trinajstić information content (AvgIpc) is 2.14. The van der Waals surface area contributed by atoms with Crippen LogP contribution >= 0.6 is 0 Å². The van der Waals surface area contributed by atoms with Gasteiger partial charge in [0.25, 0.3) is 0 Å². The van der Waals surface area contributed by atoms with Gasteiger partial charge in [-0.2, -0.15) is 0 Å². The summed E-state index contributed by atoms with van der Waals surface area (Å²) in [6, 6.07) is 0. The van der Waals surface area contributed by atoms with Crippen molar-refractivity contribution >= 4 is 5.97 Å². The quantitative estimate of drug-likeness (QED) is 0.379. The largest absolute Gasteiger partial charge is 0.458 e. The lowest BCUT2D eigenvalue weighted by molar-refractivity contribution is -0.137. The van der Waals surface area contributed by atoms with Gasteiger partial charge in [0.2, 0.25) is 0 Å². The van der Waals surface area contributed by atoms with Gasteiger partial charge < -0.3 is 4.74 Å². The molecule has 0 aliphatic carbocycles. The molecule has 74 valence electrons. The summed E-state index contributed by atoms with van der Waals surface area (Å²) in [6.07, 6.45) is 4.47. The number of carbonyl (C=O) groups excluding carboxylic acids is 1. The van der Waals surface area contributed by atoms with Crippen LogP contribution in [0.4, 0.5) is 0 Å². The van der Waals surface area contributed by atoms with E-state index in [-0.39, 0.29) is 12.6 Å². The van der Waals surface area contributed by atoms with E-state index >= 15 is 0 Å². The van der Waals surface area contributed by atoms with E-state index < -0.39 is 0 Å². The molecule has 0 atom stereocenters. The Labute approximate surface area is 80.6 Å². The number of rotatable bonds is 4. The van der Waals surface area contributed by atoms with Crippen molar-refractivity contribution in [3.05, 3.63) is 37.5 Å². The number of esters is 1. The molecule has 0 unspecified atom stereocenters. The van der Waals surface area contributed by atoms with Crippen molar-refractivity contribution in [1.82, 2.24) is 0 Å². The van der Waals surface area contributed by atoms with Crippen LogP contribution in [0.15, 0.2) is 37.5 Å². The van der Waals surface area contributed by atoms with Crippen LogP contribution in [0.25, 0.3) is 0 Å². The third kappa shape index (κ3) is 13.7. The zero-order chi connectivity index (χ0) is 10.7. The summed E-state index contributed by atoms with van der Waals surface area (Å²) in [5.41, 5.74) is 0.414. The topological polar surface area (TPSA) is 26.3 Å². The summed E-state index contributed by atoms with van der Waals surface area (Å²) in [6.45, 7) is 14.2. The van der Waals surface area contributed by atoms with Gasteiger partial charge in [-0.15, -0.1) is 6.58 Å². The van der Waals surface area contributed by atoms with Crippen LogP contribution in [-0.4, -0.2) is 12.6 Å². The Balaban J connectivity index is 0. The molecule has 0 saturated heterocycles. The predicted octanol–water partition coefficient (Wildman–Crippen LogP) is 2.87. The maximum absolute atomic E-state index is 10.5. The molecule has 2 nitrogen and oxygen atoms in total. The average molecular weight is 182 g/mol. The number of hydrogen-bond donors (Lipinski definition) is 0. The van der Waals surface area contributed by atoms with Gasteiger partial charge in [-0.25, -0.2) is 4.79 Å². The molecule has 0 aliphatic heterocycles. The van der Waals surface area contributed by atoms with Gasteiger partial charge in [0.05, 0.1) is 0 Å². The Bertz CT molecular complexity index is 181. The van der Waals surface area contributed by atoms with E-state index in [0.29, 0.717) is 5.57 Å². The van der Waals surface area contributed by atoms with Crippen molar-refractivity contribution in [2.45, 2.75) is 20.3 Å². The molecule has 0 bridgehead atoms. The van der Waals surface area contributed by atoms with Crippen LogP contribution < -0.4 is 0 Å². The van der Waals surface area contributed by atoms with Gasteiger partial charge in [0.15, 0.2) is 0 Å². The lowest BCUT2D eigenvalue weighted by Gasteiger charge is -1.97. The molecule has 0 aromatic carbocycles. The van der Waals surface area contributed by atoms with Crippen molar-refractivity contribution in [2.75, 3.05) is 6.61 Å². The minimum atomic E-state index is -0.366. The van der Waals surface area contributed by atoms with E-state index in [0.717, 1.165) is 6.42 Å². The summed E-state index contributed by atoms with van der Waals surface area (Å²) in [7, 11) is 0. The van der Waals surface area contributed by atoms with Crippen molar-refractivity contribution in [3.63, 3.8) is 0 Å². The standard InChI is InChI=1S/C7H10O2.C4H8/c1-4-5-9-7(8)6(2)3;1-3-4-2/h4H,1-2,5H2,3H3;3H,1,4H2,2H3. The van der Waals surface area contributed by atoms with Gasteiger partial charge >= 0.3 is 5.97 Å². The molecule has 0 aromatic heterocycles. The molecular formula is C11H18O2. The molecule has 0 fully saturated rings. The number of carbonyl (C=O) groups is 1. The highest BCUT2D eigenvalue weighted by Crippen LogP contribution is 1.90. The fourth-order valence-corrected chi connectivity index (χ4v) is 0.258. The first-order chi connectivity index (χ1) is 6.09. The molecule has 0 radical (unpaired) electrons. The molecule has 0 rings (SSSR count). The van der Waals surface area contributed by atoms with Crippen LogP contribution in [0.5, 0.6) is 0 Å². The van der Waals surface area contributed by atoms with E-state index in [2.05, 4.69) is 31.4 Å². The highest BCUT2D eigenvalue weighted by molar-refractivity contribution is 5.86. The Morgan fingerprint density at radius 2 is 1.85 bits per heavy atom. The number of allylic oxidation sites excluding steroid dienone is 1. The first-order valence-electron chi connectivity index (χ1n) is 4.14. The molecule has 0 saturated carbocycles. The fourth-order valence-electron chi connectivity index (χ4n) is 0.258. The Hall–Kier alpha value is -1.31. The second kappa shape index (κ2) is 10.7. The predicted molar refractivity (Wildman–Crippen MR) is 56.5 cm³/mol. The zero-order valence-corrected chi connectivity index (χ0v) is 8.51. The van der Waals surface area contributed by atoms with Gasteiger partial charge in [-0.1, -0.05) is 32.2 Å². The van der Waals surface area contributed by atoms with Crippen molar-refractivity contribution < 1.29 is 9.53 Å². The number of ether oxygens (including phenoxy) is 1. The highest BCUT2D eigenvalue weighted by atomic mass is 16.5. The van der Waals surface area contributed by atoms with Crippen LogP contribution in [0.3, 0.4) is 0 Å². The van der Waals surface area contributed by atoms with E-state index in [1.165, 1.54) is 6.08 Å². The van der Waals surface area contributed by atoms with Crippen LogP contribution in [0, 0.1) is 0 Å². The highest BCUT2D eigenvalue weighted by Gasteiger charge is 1.98. The summed E-state index contributed by atoms with van der Waals surface area (Å²) in [5.74, 6) is -0.366. The third-order valence-electron chi connectivity index (χ3n) is 0.969. The van der Waals surface area contributed by atoms with Crippen molar-refractivity contribution in [3.8, 4) is 0 Å². The Morgan fingerprint density at radius 1 is 1.38 bits per heavy atom. The third-order valence-corrected chi connectivity index (χ3v) is 0.969. The van der Waals surface area contributed by atoms with Crippen LogP contribution in [-0.2, 0) is 9.53 Å². The molecule has 0 N–H and O–H groups in total. The van der Waals surface area contributed by atoms with Gasteiger partial charge in [-0.3, -0.25) is 0 Å². The molecule has 0 amide bonds. The lowest BCUT2D eigenvalue weighted by atomic mass is 10.4. The monoisotopic (exact) mass is 182 g/mol. The minimum Gasteiger partial charge on any atom is -0.458 e. The maximum atomic E-state index is 10.5. The van der Waals surface area contributed by atoms with E-state index in [9.17, 15) is 4.79 Å². The summed E-state index contributed by atoms with van der Waals surface area (Å²) >= 11 is 0. The normalized spacial score (nSPS) is 7.54. The Kier molecular flexibility index (Phi) is 11.7. The van der Waals surface area contributed by atoms with Gasteiger partial charge in [-0.05, 0) is 13.3 Å². The van der Waals surface area contributed by atoms with Crippen LogP contribution in [0.1, 0.15) is 20.3 Å². The van der Waals surface area contributed by atoms with Gasteiger partial charge in [0, 0.05) is 5.57 Å². The van der Waals surface area contributed by atoms with Gasteiger partial charge in [0.1, 0.15) is 6.61 Å². The molecule has 0 spiro atoms. The SMILES string of the molecule is C=CCC.C=CCOC(=O)C(=C)C. The summed E-state index contributed by atoms with van der Waals surface area (Å²) in [4.78, 5) is 10.5. The summed E-state index contributed by atoms with van der Waals surface area (Å²) in [5, 5.41) is 0.